The summed E-state index contributed by atoms with van der Waals surface area (Å²) < 4.78 is 14.8. The van der Waals surface area contributed by atoms with Crippen molar-refractivity contribution in [3.05, 3.63) is 11.8 Å². The van der Waals surface area contributed by atoms with Gasteiger partial charge in [-0.1, -0.05) is 0 Å². The van der Waals surface area contributed by atoms with E-state index in [-0.39, 0.29) is 19.6 Å². The Balaban J connectivity index is 2.93. The Morgan fingerprint density at radius 2 is 1.71 bits per heavy atom. The van der Waals surface area contributed by atoms with Crippen molar-refractivity contribution in [2.75, 3.05) is 19.0 Å². The molecule has 1 aliphatic heterocycles. The van der Waals surface area contributed by atoms with Crippen LogP contribution in [0.15, 0.2) is 11.8 Å². The van der Waals surface area contributed by atoms with Gasteiger partial charge in [-0.25, -0.2) is 9.59 Å². The molecule has 0 N–H and O–H groups in total. The molecule has 0 spiro atoms. The molecule has 7 heteroatoms. The summed E-state index contributed by atoms with van der Waals surface area (Å²) in [5.74, 6) is 0.249. The van der Waals surface area contributed by atoms with Gasteiger partial charge in [-0.15, -0.1) is 11.8 Å². The highest BCUT2D eigenvalue weighted by Gasteiger charge is 2.50. The second-order valence-corrected chi connectivity index (χ2v) is 11.3. The topological polar surface area (TPSA) is 61.8 Å². The van der Waals surface area contributed by atoms with Crippen LogP contribution in [-0.2, 0) is 23.5 Å². The molecule has 0 aliphatic carbocycles. The lowest BCUT2D eigenvalue weighted by Gasteiger charge is -2.33. The molecule has 0 atom stereocenters. The Bertz CT molecular complexity index is 410. The zero-order valence-corrected chi connectivity index (χ0v) is 15.2. The minimum Gasteiger partial charge on any atom is -0.547 e. The third-order valence-corrected chi connectivity index (χ3v) is 5.02. The van der Waals surface area contributed by atoms with Gasteiger partial charge in [0.2, 0.25) is 13.1 Å². The summed E-state index contributed by atoms with van der Waals surface area (Å²) in [5.41, 5.74) is 0. The van der Waals surface area contributed by atoms with Crippen LogP contribution >= 0.6 is 11.8 Å². The molecule has 1 rings (SSSR count). The quantitative estimate of drug-likeness (QED) is 0.423. The maximum Gasteiger partial charge on any atom is 0.334 e. The van der Waals surface area contributed by atoms with Crippen LogP contribution in [-0.4, -0.2) is 44.0 Å². The summed E-state index contributed by atoms with van der Waals surface area (Å²) in [6.45, 7) is 10.2. The fourth-order valence-corrected chi connectivity index (χ4v) is 4.06. The number of carbonyl (C=O) groups excluding carboxylic acids is 2. The number of rotatable bonds is 6. The van der Waals surface area contributed by atoms with Crippen molar-refractivity contribution >= 4 is 32.0 Å². The van der Waals surface area contributed by atoms with E-state index in [4.69, 9.17) is 13.9 Å². The first-order valence-electron chi connectivity index (χ1n) is 7.11. The molecule has 0 radical (unpaired) electrons. The lowest BCUT2D eigenvalue weighted by Crippen LogP contribution is -2.47. The first-order chi connectivity index (χ1) is 9.75. The highest BCUT2D eigenvalue weighted by molar-refractivity contribution is 8.02. The normalized spacial score (nSPS) is 17.7. The Morgan fingerprint density at radius 1 is 1.19 bits per heavy atom. The molecule has 1 aliphatic rings. The summed E-state index contributed by atoms with van der Waals surface area (Å²) in [5, 5.41) is 0. The van der Waals surface area contributed by atoms with Crippen LogP contribution in [0, 0.1) is 0 Å². The second-order valence-electron chi connectivity index (χ2n) is 5.65. The van der Waals surface area contributed by atoms with Crippen LogP contribution in [0.25, 0.3) is 0 Å². The lowest BCUT2D eigenvalue weighted by atomic mass is 10.0. The van der Waals surface area contributed by atoms with Gasteiger partial charge in [-0.3, -0.25) is 0 Å². The van der Waals surface area contributed by atoms with Gasteiger partial charge >= 0.3 is 11.9 Å². The highest BCUT2D eigenvalue weighted by Crippen LogP contribution is 2.39. The summed E-state index contributed by atoms with van der Waals surface area (Å²) in [7, 11) is -1.69. The van der Waals surface area contributed by atoms with Crippen LogP contribution in [0.1, 0.15) is 20.3 Å². The third-order valence-electron chi connectivity index (χ3n) is 2.73. The molecule has 0 saturated heterocycles. The van der Waals surface area contributed by atoms with Crippen molar-refractivity contribution in [1.29, 1.82) is 0 Å². The molecule has 0 unspecified atom stereocenters. The van der Waals surface area contributed by atoms with Crippen molar-refractivity contribution < 1.29 is 23.5 Å². The number of hydrogen-bond donors (Lipinski definition) is 0. The van der Waals surface area contributed by atoms with E-state index in [0.29, 0.717) is 5.75 Å². The fourth-order valence-electron chi connectivity index (χ4n) is 1.90. The van der Waals surface area contributed by atoms with Gasteiger partial charge in [0.1, 0.15) is 0 Å². The number of ether oxygens (including phenoxy) is 2. The van der Waals surface area contributed by atoms with Crippen LogP contribution in [0.4, 0.5) is 0 Å². The zero-order valence-electron chi connectivity index (χ0n) is 13.4. The van der Waals surface area contributed by atoms with Crippen LogP contribution < -0.4 is 0 Å². The maximum atomic E-state index is 12.2. The van der Waals surface area contributed by atoms with E-state index < -0.39 is 25.0 Å². The fraction of sp³-hybridized carbons (Fsp3) is 0.714. The standard InChI is InChI=1S/C14H24O5SSi/c1-6-17-12(15)14(13(16)18-7-2)9-8-11(10-20-14)19-21(3,4)5/h8H,6-7,9-10H2,1-5H3. The number of thioether (sulfide) groups is 1. The van der Waals surface area contributed by atoms with Crippen LogP contribution in [0.3, 0.4) is 0 Å². The Labute approximate surface area is 131 Å². The van der Waals surface area contributed by atoms with Crippen molar-refractivity contribution in [2.24, 2.45) is 0 Å². The molecule has 0 aromatic rings. The van der Waals surface area contributed by atoms with Gasteiger partial charge < -0.3 is 13.9 Å². The molecule has 120 valence electrons. The number of hydrogen-bond acceptors (Lipinski definition) is 6. The Hall–Kier alpha value is -0.953. The minimum atomic E-state index is -1.69. The van der Waals surface area contributed by atoms with Gasteiger partial charge in [0.25, 0.3) is 0 Å². The van der Waals surface area contributed by atoms with E-state index in [1.807, 2.05) is 6.08 Å². The molecule has 1 heterocycles. The van der Waals surface area contributed by atoms with Crippen LogP contribution in [0.5, 0.6) is 0 Å². The van der Waals surface area contributed by atoms with E-state index >= 15 is 0 Å². The first-order valence-corrected chi connectivity index (χ1v) is 11.5. The highest BCUT2D eigenvalue weighted by atomic mass is 32.2. The zero-order chi connectivity index (χ0) is 16.1. The molecule has 0 aromatic heterocycles. The largest absolute Gasteiger partial charge is 0.547 e. The van der Waals surface area contributed by atoms with E-state index in [2.05, 4.69) is 19.6 Å². The molecule has 0 amide bonds. The van der Waals surface area contributed by atoms with Crippen molar-refractivity contribution in [3.8, 4) is 0 Å². The Morgan fingerprint density at radius 3 is 2.05 bits per heavy atom. The van der Waals surface area contributed by atoms with Gasteiger partial charge in [-0.05, 0) is 39.6 Å². The summed E-state index contributed by atoms with van der Waals surface area (Å²) >= 11 is 1.24. The Kier molecular flexibility index (Phi) is 6.34. The van der Waals surface area contributed by atoms with Gasteiger partial charge in [0.15, 0.2) is 0 Å². The second kappa shape index (κ2) is 7.35. The average Bonchev–Trinajstić information content (AvgIpc) is 2.38. The molecular weight excluding hydrogens is 308 g/mol. The van der Waals surface area contributed by atoms with Crippen molar-refractivity contribution in [3.63, 3.8) is 0 Å². The molecule has 0 saturated carbocycles. The minimum absolute atomic E-state index is 0.239. The molecular formula is C14H24O5SSi. The number of carbonyl (C=O) groups is 2. The van der Waals surface area contributed by atoms with E-state index in [0.717, 1.165) is 5.76 Å². The molecule has 0 aromatic carbocycles. The predicted molar refractivity (Wildman–Crippen MR) is 85.6 cm³/mol. The monoisotopic (exact) mass is 332 g/mol. The van der Waals surface area contributed by atoms with Gasteiger partial charge in [0.05, 0.1) is 24.7 Å². The predicted octanol–water partition coefficient (Wildman–Crippen LogP) is 2.72. The average molecular weight is 332 g/mol. The van der Waals surface area contributed by atoms with Gasteiger partial charge in [0, 0.05) is 6.42 Å². The van der Waals surface area contributed by atoms with E-state index in [1.54, 1.807) is 13.8 Å². The molecule has 0 bridgehead atoms. The van der Waals surface area contributed by atoms with E-state index in [9.17, 15) is 9.59 Å². The third kappa shape index (κ3) is 4.77. The summed E-state index contributed by atoms with van der Waals surface area (Å²) in [6, 6.07) is 0. The van der Waals surface area contributed by atoms with Crippen molar-refractivity contribution in [1.82, 2.24) is 0 Å². The molecule has 5 nitrogen and oxygen atoms in total. The maximum absolute atomic E-state index is 12.2. The summed E-state index contributed by atoms with van der Waals surface area (Å²) in [4.78, 5) is 24.4. The summed E-state index contributed by atoms with van der Waals surface area (Å²) in [6.07, 6.45) is 2.07. The lowest BCUT2D eigenvalue weighted by molar-refractivity contribution is -0.158. The molecule has 0 fully saturated rings. The van der Waals surface area contributed by atoms with Gasteiger partial charge in [-0.2, -0.15) is 0 Å². The first kappa shape index (κ1) is 18.1. The smallest absolute Gasteiger partial charge is 0.334 e. The van der Waals surface area contributed by atoms with Crippen LogP contribution in [0.2, 0.25) is 19.6 Å². The van der Waals surface area contributed by atoms with Crippen molar-refractivity contribution in [2.45, 2.75) is 44.7 Å². The SMILES string of the molecule is CCOC(=O)C1(C(=O)OCC)CC=C(O[Si](C)(C)C)CS1. The number of allylic oxidation sites excluding steroid dienone is 1. The molecule has 21 heavy (non-hydrogen) atoms. The number of esters is 2. The van der Waals surface area contributed by atoms with E-state index in [1.165, 1.54) is 11.8 Å².